The lowest BCUT2D eigenvalue weighted by Crippen LogP contribution is -2.47. The van der Waals surface area contributed by atoms with Crippen molar-refractivity contribution in [2.75, 3.05) is 44.2 Å². The maximum atomic E-state index is 11.8. The first kappa shape index (κ1) is 17.8. The van der Waals surface area contributed by atoms with Gasteiger partial charge in [0.25, 0.3) is 0 Å². The van der Waals surface area contributed by atoms with Gasteiger partial charge in [-0.2, -0.15) is 0 Å². The first-order chi connectivity index (χ1) is 11.0. The van der Waals surface area contributed by atoms with Crippen LogP contribution >= 0.6 is 0 Å². The molecule has 2 rings (SSSR count). The molecule has 4 heteroatoms. The number of carbonyl (C=O) groups is 1. The lowest BCUT2D eigenvalue weighted by Gasteiger charge is -2.37. The van der Waals surface area contributed by atoms with Crippen molar-refractivity contribution in [3.05, 3.63) is 29.3 Å². The fourth-order valence-electron chi connectivity index (χ4n) is 2.96. The molecule has 1 fully saturated rings. The molecule has 23 heavy (non-hydrogen) atoms. The van der Waals surface area contributed by atoms with Gasteiger partial charge in [-0.1, -0.05) is 26.0 Å². The van der Waals surface area contributed by atoms with Gasteiger partial charge in [-0.15, -0.1) is 0 Å². The van der Waals surface area contributed by atoms with E-state index in [2.05, 4.69) is 61.0 Å². The van der Waals surface area contributed by atoms with Crippen LogP contribution in [-0.2, 0) is 4.79 Å². The molecule has 0 unspecified atom stereocenters. The number of aryl methyl sites for hydroxylation is 1. The molecule has 1 saturated heterocycles. The number of hydrogen-bond acceptors (Lipinski definition) is 3. The maximum Gasteiger partial charge on any atom is 0.221 e. The van der Waals surface area contributed by atoms with Gasteiger partial charge in [0.1, 0.15) is 0 Å². The summed E-state index contributed by atoms with van der Waals surface area (Å²) in [6.07, 6.45) is 0.607. The Kier molecular flexibility index (Phi) is 6.46. The lowest BCUT2D eigenvalue weighted by atomic mass is 10.1. The van der Waals surface area contributed by atoms with Gasteiger partial charge in [0, 0.05) is 51.4 Å². The summed E-state index contributed by atoms with van der Waals surface area (Å²) in [7, 11) is 0. The van der Waals surface area contributed by atoms with E-state index in [4.69, 9.17) is 0 Å². The zero-order chi connectivity index (χ0) is 16.8. The monoisotopic (exact) mass is 317 g/mol. The van der Waals surface area contributed by atoms with E-state index < -0.39 is 0 Å². The van der Waals surface area contributed by atoms with Crippen LogP contribution in [0.4, 0.5) is 5.69 Å². The van der Waals surface area contributed by atoms with E-state index in [1.165, 1.54) is 16.8 Å². The Hall–Kier alpha value is -1.55. The van der Waals surface area contributed by atoms with Crippen LogP contribution in [-0.4, -0.2) is 50.1 Å². The maximum absolute atomic E-state index is 11.8. The van der Waals surface area contributed by atoms with Gasteiger partial charge in [0.05, 0.1) is 0 Å². The average Bonchev–Trinajstić information content (AvgIpc) is 2.54. The lowest BCUT2D eigenvalue weighted by molar-refractivity contribution is -0.121. The van der Waals surface area contributed by atoms with Crippen LogP contribution in [0.3, 0.4) is 0 Å². The van der Waals surface area contributed by atoms with Gasteiger partial charge < -0.3 is 10.2 Å². The van der Waals surface area contributed by atoms with E-state index in [-0.39, 0.29) is 5.91 Å². The third-order valence-electron chi connectivity index (χ3n) is 4.65. The Morgan fingerprint density at radius 3 is 2.52 bits per heavy atom. The van der Waals surface area contributed by atoms with Crippen molar-refractivity contribution < 1.29 is 4.79 Å². The summed E-state index contributed by atoms with van der Waals surface area (Å²) in [6, 6.07) is 6.53. The number of carbonyl (C=O) groups excluding carboxylic acids is 1. The summed E-state index contributed by atoms with van der Waals surface area (Å²) < 4.78 is 0. The SMILES string of the molecule is Cc1cccc(N2CCN(CCC(=O)NCC(C)C)CC2)c1C. The number of amides is 1. The first-order valence-corrected chi connectivity index (χ1v) is 8.77. The minimum atomic E-state index is 0.177. The topological polar surface area (TPSA) is 35.6 Å². The van der Waals surface area contributed by atoms with Crippen LogP contribution in [0.15, 0.2) is 18.2 Å². The Morgan fingerprint density at radius 1 is 1.17 bits per heavy atom. The summed E-state index contributed by atoms with van der Waals surface area (Å²) in [5.74, 6) is 0.690. The number of rotatable bonds is 6. The van der Waals surface area contributed by atoms with Gasteiger partial charge in [-0.3, -0.25) is 9.69 Å². The second-order valence-electron chi connectivity index (χ2n) is 7.00. The minimum Gasteiger partial charge on any atom is -0.369 e. The van der Waals surface area contributed by atoms with Crippen LogP contribution in [0.25, 0.3) is 0 Å². The highest BCUT2D eigenvalue weighted by Crippen LogP contribution is 2.23. The van der Waals surface area contributed by atoms with Gasteiger partial charge in [0.2, 0.25) is 5.91 Å². The van der Waals surface area contributed by atoms with E-state index in [1.807, 2.05) is 0 Å². The Bertz CT molecular complexity index is 519. The van der Waals surface area contributed by atoms with Crippen LogP contribution in [0.5, 0.6) is 0 Å². The molecule has 0 spiro atoms. The summed E-state index contributed by atoms with van der Waals surface area (Å²) in [4.78, 5) is 16.7. The predicted molar refractivity (Wildman–Crippen MR) is 97.0 cm³/mol. The van der Waals surface area contributed by atoms with Crippen LogP contribution in [0, 0.1) is 19.8 Å². The van der Waals surface area contributed by atoms with Crippen molar-refractivity contribution in [1.29, 1.82) is 0 Å². The molecule has 1 amide bonds. The molecule has 1 N–H and O–H groups in total. The number of anilines is 1. The second kappa shape index (κ2) is 8.34. The summed E-state index contributed by atoms with van der Waals surface area (Å²) in [5.41, 5.74) is 4.10. The van der Waals surface area contributed by atoms with Crippen molar-refractivity contribution in [3.63, 3.8) is 0 Å². The molecule has 1 heterocycles. The van der Waals surface area contributed by atoms with Gasteiger partial charge in [0.15, 0.2) is 0 Å². The standard InChI is InChI=1S/C19H31N3O/c1-15(2)14-20-19(23)8-9-21-10-12-22(13-11-21)18-7-5-6-16(3)17(18)4/h5-7,15H,8-14H2,1-4H3,(H,20,23). The summed E-state index contributed by atoms with van der Waals surface area (Å²) in [6.45, 7) is 14.4. The van der Waals surface area contributed by atoms with Crippen LogP contribution in [0.2, 0.25) is 0 Å². The molecule has 0 aliphatic carbocycles. The van der Waals surface area contributed by atoms with E-state index in [1.54, 1.807) is 0 Å². The minimum absolute atomic E-state index is 0.177. The number of benzene rings is 1. The van der Waals surface area contributed by atoms with Crippen molar-refractivity contribution in [2.24, 2.45) is 5.92 Å². The molecule has 0 radical (unpaired) electrons. The molecule has 4 nitrogen and oxygen atoms in total. The summed E-state index contributed by atoms with van der Waals surface area (Å²) >= 11 is 0. The van der Waals surface area contributed by atoms with E-state index >= 15 is 0 Å². The van der Waals surface area contributed by atoms with E-state index in [0.717, 1.165) is 39.3 Å². The highest BCUT2D eigenvalue weighted by atomic mass is 16.1. The van der Waals surface area contributed by atoms with E-state index in [0.29, 0.717) is 12.3 Å². The quantitative estimate of drug-likeness (QED) is 0.876. The molecular formula is C19H31N3O. The zero-order valence-electron chi connectivity index (χ0n) is 15.1. The third kappa shape index (κ3) is 5.24. The number of piperazine rings is 1. The highest BCUT2D eigenvalue weighted by Gasteiger charge is 2.19. The smallest absolute Gasteiger partial charge is 0.221 e. The highest BCUT2D eigenvalue weighted by molar-refractivity contribution is 5.76. The van der Waals surface area contributed by atoms with Crippen molar-refractivity contribution in [3.8, 4) is 0 Å². The molecule has 0 aromatic heterocycles. The predicted octanol–water partition coefficient (Wildman–Crippen LogP) is 2.59. The molecule has 1 aliphatic rings. The average molecular weight is 317 g/mol. The first-order valence-electron chi connectivity index (χ1n) is 8.77. The van der Waals surface area contributed by atoms with Crippen molar-refractivity contribution in [2.45, 2.75) is 34.1 Å². The summed E-state index contributed by atoms with van der Waals surface area (Å²) in [5, 5.41) is 2.99. The van der Waals surface area contributed by atoms with Gasteiger partial charge in [-0.05, 0) is 37.0 Å². The zero-order valence-corrected chi connectivity index (χ0v) is 15.1. The fraction of sp³-hybridized carbons (Fsp3) is 0.632. The Balaban J connectivity index is 1.76. The van der Waals surface area contributed by atoms with Crippen molar-refractivity contribution in [1.82, 2.24) is 10.2 Å². The Labute approximate surface area is 140 Å². The van der Waals surface area contributed by atoms with E-state index in [9.17, 15) is 4.79 Å². The largest absolute Gasteiger partial charge is 0.369 e. The number of nitrogens with zero attached hydrogens (tertiary/aromatic N) is 2. The number of nitrogens with one attached hydrogen (secondary N) is 1. The molecule has 0 bridgehead atoms. The Morgan fingerprint density at radius 2 is 1.87 bits per heavy atom. The van der Waals surface area contributed by atoms with Gasteiger partial charge >= 0.3 is 0 Å². The number of hydrogen-bond donors (Lipinski definition) is 1. The van der Waals surface area contributed by atoms with Crippen LogP contribution in [0.1, 0.15) is 31.4 Å². The molecule has 128 valence electrons. The second-order valence-corrected chi connectivity index (χ2v) is 7.00. The molecule has 1 aliphatic heterocycles. The molecule has 0 atom stereocenters. The molecule has 1 aromatic rings. The fourth-order valence-corrected chi connectivity index (χ4v) is 2.96. The molecule has 0 saturated carbocycles. The van der Waals surface area contributed by atoms with Crippen molar-refractivity contribution >= 4 is 11.6 Å². The van der Waals surface area contributed by atoms with Crippen LogP contribution < -0.4 is 10.2 Å². The normalized spacial score (nSPS) is 16.0. The molecular weight excluding hydrogens is 286 g/mol. The van der Waals surface area contributed by atoms with Gasteiger partial charge in [-0.25, -0.2) is 0 Å². The molecule has 1 aromatic carbocycles. The third-order valence-corrected chi connectivity index (χ3v) is 4.65.